The zero-order valence-corrected chi connectivity index (χ0v) is 9.52. The molecule has 0 aromatic carbocycles. The Balaban J connectivity index is 2.07. The van der Waals surface area contributed by atoms with Gasteiger partial charge in [0.15, 0.2) is 0 Å². The number of carbonyl (C=O) groups is 2. The monoisotopic (exact) mass is 241 g/mol. The summed E-state index contributed by atoms with van der Waals surface area (Å²) in [4.78, 5) is 26.0. The molecule has 0 radical (unpaired) electrons. The fraction of sp³-hybridized carbons (Fsp3) is 0.556. The molecule has 0 aliphatic carbocycles. The highest BCUT2D eigenvalue weighted by Gasteiger charge is 2.05. The van der Waals surface area contributed by atoms with Gasteiger partial charge in [-0.3, -0.25) is 9.89 Å². The molecule has 17 heavy (non-hydrogen) atoms. The van der Waals surface area contributed by atoms with Crippen LogP contribution in [0, 0.1) is 0 Å². The molecule has 3 N–H and O–H groups in total. The van der Waals surface area contributed by atoms with E-state index in [1.807, 2.05) is 0 Å². The maximum Gasteiger partial charge on any atom is 0.325 e. The van der Waals surface area contributed by atoms with E-state index in [9.17, 15) is 9.59 Å². The molecule has 1 rings (SSSR count). The molecule has 0 bridgehead atoms. The summed E-state index contributed by atoms with van der Waals surface area (Å²) in [6.07, 6.45) is 1.95. The maximum atomic E-state index is 11.2. The summed E-state index contributed by atoms with van der Waals surface area (Å²) in [6.45, 7) is 2.27. The highest BCUT2D eigenvalue weighted by atomic mass is 16.5. The first-order valence-electron chi connectivity index (χ1n) is 5.24. The fourth-order valence-electron chi connectivity index (χ4n) is 1.07. The number of carbonyl (C=O) groups excluding carboxylic acids is 2. The van der Waals surface area contributed by atoms with Crippen molar-refractivity contribution < 1.29 is 14.3 Å². The van der Waals surface area contributed by atoms with Gasteiger partial charge in [-0.05, 0) is 6.92 Å². The van der Waals surface area contributed by atoms with Crippen LogP contribution in [0.1, 0.15) is 12.7 Å². The summed E-state index contributed by atoms with van der Waals surface area (Å²) >= 11 is 0. The molecular weight excluding hydrogens is 226 g/mol. The van der Waals surface area contributed by atoms with Crippen molar-refractivity contribution in [1.82, 2.24) is 25.8 Å². The van der Waals surface area contributed by atoms with Crippen LogP contribution in [0.2, 0.25) is 0 Å². The lowest BCUT2D eigenvalue weighted by molar-refractivity contribution is -0.141. The number of nitrogens with zero attached hydrogens (tertiary/aromatic N) is 2. The number of hydrogen-bond acceptors (Lipinski definition) is 5. The second-order valence-corrected chi connectivity index (χ2v) is 3.10. The van der Waals surface area contributed by atoms with Crippen molar-refractivity contribution in [3.05, 3.63) is 12.2 Å². The average Bonchev–Trinajstić information content (AvgIpc) is 2.80. The summed E-state index contributed by atoms with van der Waals surface area (Å²) in [5.41, 5.74) is 0. The van der Waals surface area contributed by atoms with E-state index in [4.69, 9.17) is 0 Å². The Morgan fingerprint density at radius 3 is 2.94 bits per heavy atom. The van der Waals surface area contributed by atoms with Crippen LogP contribution in [0.15, 0.2) is 6.33 Å². The van der Waals surface area contributed by atoms with Gasteiger partial charge in [-0.25, -0.2) is 9.78 Å². The first-order valence-corrected chi connectivity index (χ1v) is 5.24. The quantitative estimate of drug-likeness (QED) is 0.565. The van der Waals surface area contributed by atoms with Crippen LogP contribution in [0.4, 0.5) is 4.79 Å². The van der Waals surface area contributed by atoms with E-state index >= 15 is 0 Å². The first-order chi connectivity index (χ1) is 8.22. The van der Waals surface area contributed by atoms with Crippen LogP contribution in [0.25, 0.3) is 0 Å². The van der Waals surface area contributed by atoms with Gasteiger partial charge < -0.3 is 15.4 Å². The number of amides is 2. The molecule has 0 saturated heterocycles. The first kappa shape index (κ1) is 12.9. The average molecular weight is 241 g/mol. The molecule has 0 unspecified atom stereocenters. The van der Waals surface area contributed by atoms with Crippen LogP contribution in [-0.4, -0.2) is 46.9 Å². The minimum absolute atomic E-state index is 0.137. The van der Waals surface area contributed by atoms with E-state index in [2.05, 4.69) is 30.6 Å². The molecule has 8 nitrogen and oxygen atoms in total. The number of H-pyrrole nitrogens is 1. The number of aromatic amines is 1. The molecule has 0 atom stereocenters. The molecule has 2 amide bonds. The fourth-order valence-corrected chi connectivity index (χ4v) is 1.07. The van der Waals surface area contributed by atoms with Crippen molar-refractivity contribution in [2.24, 2.45) is 0 Å². The van der Waals surface area contributed by atoms with Crippen LogP contribution >= 0.6 is 0 Å². The van der Waals surface area contributed by atoms with E-state index < -0.39 is 12.0 Å². The predicted octanol–water partition coefficient (Wildman–Crippen LogP) is -0.790. The number of esters is 1. The molecule has 94 valence electrons. The highest BCUT2D eigenvalue weighted by Crippen LogP contribution is 1.85. The smallest absolute Gasteiger partial charge is 0.325 e. The van der Waals surface area contributed by atoms with Gasteiger partial charge in [-0.2, -0.15) is 5.10 Å². The molecule has 0 aliphatic heterocycles. The number of aromatic nitrogens is 3. The number of rotatable bonds is 6. The van der Waals surface area contributed by atoms with Crippen molar-refractivity contribution in [3.63, 3.8) is 0 Å². The standard InChI is InChI=1S/C9H15N5O3/c1-2-17-8(15)5-11-9(16)10-4-3-7-12-6-13-14-7/h6H,2-5H2,1H3,(H2,10,11,16)(H,12,13,14). The summed E-state index contributed by atoms with van der Waals surface area (Å²) in [5.74, 6) is 0.230. The van der Waals surface area contributed by atoms with Crippen LogP contribution in [0.5, 0.6) is 0 Å². The Bertz CT molecular complexity index is 352. The molecule has 0 spiro atoms. The molecule has 1 aromatic heterocycles. The summed E-state index contributed by atoms with van der Waals surface area (Å²) < 4.78 is 4.65. The molecular formula is C9H15N5O3. The van der Waals surface area contributed by atoms with Crippen LogP contribution in [-0.2, 0) is 16.0 Å². The van der Waals surface area contributed by atoms with Crippen molar-refractivity contribution in [2.75, 3.05) is 19.7 Å². The number of ether oxygens (including phenoxy) is 1. The Labute approximate surface area is 98.1 Å². The second kappa shape index (κ2) is 7.20. The van der Waals surface area contributed by atoms with E-state index in [0.717, 1.165) is 0 Å². The third kappa shape index (κ3) is 5.50. The van der Waals surface area contributed by atoms with Crippen molar-refractivity contribution >= 4 is 12.0 Å². The predicted molar refractivity (Wildman–Crippen MR) is 58.1 cm³/mol. The van der Waals surface area contributed by atoms with Gasteiger partial charge in [0.25, 0.3) is 0 Å². The van der Waals surface area contributed by atoms with E-state index in [1.54, 1.807) is 6.92 Å². The van der Waals surface area contributed by atoms with E-state index in [0.29, 0.717) is 25.4 Å². The lowest BCUT2D eigenvalue weighted by Crippen LogP contribution is -2.39. The van der Waals surface area contributed by atoms with Gasteiger partial charge in [-0.15, -0.1) is 0 Å². The van der Waals surface area contributed by atoms with Gasteiger partial charge in [0.05, 0.1) is 6.61 Å². The number of urea groups is 1. The van der Waals surface area contributed by atoms with Crippen molar-refractivity contribution in [3.8, 4) is 0 Å². The molecule has 0 aliphatic rings. The van der Waals surface area contributed by atoms with Crippen molar-refractivity contribution in [1.29, 1.82) is 0 Å². The number of nitrogens with one attached hydrogen (secondary N) is 3. The third-order valence-electron chi connectivity index (χ3n) is 1.81. The highest BCUT2D eigenvalue weighted by molar-refractivity contribution is 5.80. The Hall–Kier alpha value is -2.12. The minimum atomic E-state index is -0.460. The lowest BCUT2D eigenvalue weighted by atomic mass is 10.4. The van der Waals surface area contributed by atoms with Gasteiger partial charge in [-0.1, -0.05) is 0 Å². The van der Waals surface area contributed by atoms with Crippen LogP contribution in [0.3, 0.4) is 0 Å². The zero-order valence-electron chi connectivity index (χ0n) is 9.52. The van der Waals surface area contributed by atoms with E-state index in [-0.39, 0.29) is 6.54 Å². The molecule has 0 saturated carbocycles. The molecule has 0 fully saturated rings. The second-order valence-electron chi connectivity index (χ2n) is 3.10. The van der Waals surface area contributed by atoms with Gasteiger partial charge in [0.2, 0.25) is 0 Å². The van der Waals surface area contributed by atoms with Gasteiger partial charge in [0, 0.05) is 13.0 Å². The Kier molecular flexibility index (Phi) is 5.49. The largest absolute Gasteiger partial charge is 0.465 e. The van der Waals surface area contributed by atoms with E-state index in [1.165, 1.54) is 6.33 Å². The molecule has 1 aromatic rings. The topological polar surface area (TPSA) is 109 Å². The maximum absolute atomic E-state index is 11.2. The zero-order chi connectivity index (χ0) is 12.5. The van der Waals surface area contributed by atoms with Gasteiger partial charge >= 0.3 is 12.0 Å². The number of hydrogen-bond donors (Lipinski definition) is 3. The SMILES string of the molecule is CCOC(=O)CNC(=O)NCCc1ncn[nH]1. The summed E-state index contributed by atoms with van der Waals surface area (Å²) in [7, 11) is 0. The minimum Gasteiger partial charge on any atom is -0.465 e. The van der Waals surface area contributed by atoms with Crippen LogP contribution < -0.4 is 10.6 Å². The summed E-state index contributed by atoms with van der Waals surface area (Å²) in [5, 5.41) is 11.3. The van der Waals surface area contributed by atoms with Gasteiger partial charge in [0.1, 0.15) is 18.7 Å². The third-order valence-corrected chi connectivity index (χ3v) is 1.81. The summed E-state index contributed by atoms with van der Waals surface area (Å²) in [6, 6.07) is -0.419. The normalized spacial score (nSPS) is 9.71. The molecule has 8 heteroatoms. The molecule has 1 heterocycles. The lowest BCUT2D eigenvalue weighted by Gasteiger charge is -2.06. The Morgan fingerprint density at radius 1 is 1.47 bits per heavy atom. The van der Waals surface area contributed by atoms with Crippen molar-refractivity contribution in [2.45, 2.75) is 13.3 Å². The Morgan fingerprint density at radius 2 is 2.29 bits per heavy atom.